The van der Waals surface area contributed by atoms with Gasteiger partial charge in [0.2, 0.25) is 0 Å². The van der Waals surface area contributed by atoms with Crippen LogP contribution >= 0.6 is 47.8 Å². The van der Waals surface area contributed by atoms with E-state index in [0.29, 0.717) is 11.3 Å². The number of carbonyl (C=O) groups excluding carboxylic acids is 1. The zero-order valence-corrected chi connectivity index (χ0v) is 14.6. The first kappa shape index (κ1) is 15.2. The number of hydrogen-bond acceptors (Lipinski definition) is 3. The third kappa shape index (κ3) is 3.45. The Morgan fingerprint density at radius 2 is 1.85 bits per heavy atom. The minimum Gasteiger partial charge on any atom is -0.319 e. The van der Waals surface area contributed by atoms with E-state index in [4.69, 9.17) is 5.26 Å². The van der Waals surface area contributed by atoms with Crippen molar-refractivity contribution in [1.29, 1.82) is 5.26 Å². The van der Waals surface area contributed by atoms with Crippen molar-refractivity contribution in [1.82, 2.24) is 4.98 Å². The summed E-state index contributed by atoms with van der Waals surface area (Å²) in [5, 5.41) is 11.5. The number of benzene rings is 1. The highest BCUT2D eigenvalue weighted by Crippen LogP contribution is 2.34. The lowest BCUT2D eigenvalue weighted by Crippen LogP contribution is -2.14. The molecule has 4 nitrogen and oxygen atoms in total. The average Bonchev–Trinajstić information content (AvgIpc) is 2.42. The van der Waals surface area contributed by atoms with Crippen LogP contribution in [-0.4, -0.2) is 10.9 Å². The lowest BCUT2D eigenvalue weighted by molar-refractivity contribution is 0.102. The topological polar surface area (TPSA) is 65.8 Å². The van der Waals surface area contributed by atoms with E-state index >= 15 is 0 Å². The van der Waals surface area contributed by atoms with E-state index in [9.17, 15) is 4.79 Å². The molecular formula is C13H6Br3N3O. The van der Waals surface area contributed by atoms with Crippen molar-refractivity contribution in [3.05, 3.63) is 55.1 Å². The third-order valence-corrected chi connectivity index (χ3v) is 4.08. The van der Waals surface area contributed by atoms with Crippen LogP contribution in [0.15, 0.2) is 43.9 Å². The number of pyridine rings is 1. The standard InChI is InChI=1S/C13H6Br3N3O/c14-8-3-9(15)12(10(16)4-8)19-13(20)11-2-1-7(5-17)6-18-11/h1-4,6H,(H,19,20). The zero-order chi connectivity index (χ0) is 14.7. The van der Waals surface area contributed by atoms with Gasteiger partial charge in [0.15, 0.2) is 0 Å². The molecule has 0 aliphatic rings. The van der Waals surface area contributed by atoms with Crippen LogP contribution in [-0.2, 0) is 0 Å². The molecule has 0 saturated heterocycles. The molecule has 1 aromatic heterocycles. The summed E-state index contributed by atoms with van der Waals surface area (Å²) in [6.45, 7) is 0. The zero-order valence-electron chi connectivity index (χ0n) is 9.82. The van der Waals surface area contributed by atoms with Crippen LogP contribution in [0.2, 0.25) is 0 Å². The minimum absolute atomic E-state index is 0.241. The Labute approximate surface area is 140 Å². The molecule has 0 atom stereocenters. The number of nitrogens with zero attached hydrogens (tertiary/aromatic N) is 2. The maximum Gasteiger partial charge on any atom is 0.274 e. The molecule has 1 aromatic carbocycles. The Morgan fingerprint density at radius 1 is 1.20 bits per heavy atom. The average molecular weight is 460 g/mol. The molecule has 0 saturated carbocycles. The first-order valence-corrected chi connectivity index (χ1v) is 7.71. The van der Waals surface area contributed by atoms with Crippen LogP contribution in [0.4, 0.5) is 5.69 Å². The predicted molar refractivity (Wildman–Crippen MR) is 86.4 cm³/mol. The summed E-state index contributed by atoms with van der Waals surface area (Å²) < 4.78 is 2.35. The van der Waals surface area contributed by atoms with Crippen LogP contribution < -0.4 is 5.32 Å². The van der Waals surface area contributed by atoms with Crippen LogP contribution in [0.25, 0.3) is 0 Å². The number of halogens is 3. The lowest BCUT2D eigenvalue weighted by Gasteiger charge is -2.10. The number of nitriles is 1. The second-order valence-electron chi connectivity index (χ2n) is 3.74. The van der Waals surface area contributed by atoms with Gasteiger partial charge >= 0.3 is 0 Å². The van der Waals surface area contributed by atoms with Gasteiger partial charge < -0.3 is 5.32 Å². The monoisotopic (exact) mass is 457 g/mol. The summed E-state index contributed by atoms with van der Waals surface area (Å²) in [6.07, 6.45) is 1.36. The van der Waals surface area contributed by atoms with E-state index < -0.39 is 0 Å². The number of amides is 1. The van der Waals surface area contributed by atoms with Crippen molar-refractivity contribution in [2.75, 3.05) is 5.32 Å². The summed E-state index contributed by atoms with van der Waals surface area (Å²) in [7, 11) is 0. The maximum atomic E-state index is 12.1. The highest BCUT2D eigenvalue weighted by Gasteiger charge is 2.13. The molecule has 0 spiro atoms. The van der Waals surface area contributed by atoms with Gasteiger partial charge in [-0.25, -0.2) is 4.98 Å². The summed E-state index contributed by atoms with van der Waals surface area (Å²) in [5.74, 6) is -0.349. The van der Waals surface area contributed by atoms with Gasteiger partial charge in [0.05, 0.1) is 11.3 Å². The lowest BCUT2D eigenvalue weighted by atomic mass is 10.2. The molecule has 20 heavy (non-hydrogen) atoms. The number of nitrogens with one attached hydrogen (secondary N) is 1. The van der Waals surface area contributed by atoms with E-state index in [1.165, 1.54) is 12.3 Å². The molecule has 0 unspecified atom stereocenters. The van der Waals surface area contributed by atoms with Gasteiger partial charge in [0.25, 0.3) is 5.91 Å². The molecule has 100 valence electrons. The molecule has 0 bridgehead atoms. The minimum atomic E-state index is -0.349. The predicted octanol–water partition coefficient (Wildman–Crippen LogP) is 4.49. The smallest absolute Gasteiger partial charge is 0.274 e. The highest BCUT2D eigenvalue weighted by molar-refractivity contribution is 9.11. The summed E-state index contributed by atoms with van der Waals surface area (Å²) >= 11 is 10.1. The fraction of sp³-hybridized carbons (Fsp3) is 0. The highest BCUT2D eigenvalue weighted by atomic mass is 79.9. The molecule has 2 aromatic rings. The molecule has 1 amide bonds. The quantitative estimate of drug-likeness (QED) is 0.719. The van der Waals surface area contributed by atoms with Crippen LogP contribution in [0.5, 0.6) is 0 Å². The molecule has 1 heterocycles. The first-order valence-electron chi connectivity index (χ1n) is 5.33. The third-order valence-electron chi connectivity index (χ3n) is 2.37. The fourth-order valence-corrected chi connectivity index (χ4v) is 3.89. The van der Waals surface area contributed by atoms with E-state index in [1.807, 2.05) is 18.2 Å². The summed E-state index contributed by atoms with van der Waals surface area (Å²) in [6, 6.07) is 8.66. The maximum absolute atomic E-state index is 12.1. The van der Waals surface area contributed by atoms with Gasteiger partial charge in [-0.3, -0.25) is 4.79 Å². The number of carbonyl (C=O) groups is 1. The molecular weight excluding hydrogens is 454 g/mol. The Hall–Kier alpha value is -1.23. The molecule has 0 fully saturated rings. The number of aromatic nitrogens is 1. The van der Waals surface area contributed by atoms with Crippen molar-refractivity contribution in [3.8, 4) is 6.07 Å². The van der Waals surface area contributed by atoms with Gasteiger partial charge in [-0.15, -0.1) is 0 Å². The van der Waals surface area contributed by atoms with Crippen molar-refractivity contribution < 1.29 is 4.79 Å². The van der Waals surface area contributed by atoms with E-state index in [1.54, 1.807) is 6.07 Å². The fourth-order valence-electron chi connectivity index (χ4n) is 1.43. The molecule has 1 N–H and O–H groups in total. The number of anilines is 1. The number of hydrogen-bond donors (Lipinski definition) is 1. The second kappa shape index (κ2) is 6.48. The normalized spacial score (nSPS) is 9.90. The van der Waals surface area contributed by atoms with Crippen molar-refractivity contribution in [2.45, 2.75) is 0 Å². The van der Waals surface area contributed by atoms with Crippen molar-refractivity contribution >= 4 is 59.4 Å². The Kier molecular flexibility index (Phi) is 4.91. The van der Waals surface area contributed by atoms with Gasteiger partial charge in [0, 0.05) is 19.6 Å². The van der Waals surface area contributed by atoms with Crippen LogP contribution in [0.1, 0.15) is 16.1 Å². The Bertz CT molecular complexity index is 685. The number of rotatable bonds is 2. The molecule has 0 aliphatic carbocycles. The summed E-state index contributed by atoms with van der Waals surface area (Å²) in [5.41, 5.74) is 1.27. The molecule has 0 radical (unpaired) electrons. The van der Waals surface area contributed by atoms with Crippen molar-refractivity contribution in [2.24, 2.45) is 0 Å². The van der Waals surface area contributed by atoms with Gasteiger partial charge in [0.1, 0.15) is 11.8 Å². The van der Waals surface area contributed by atoms with E-state index in [0.717, 1.165) is 13.4 Å². The Balaban J connectivity index is 2.26. The Morgan fingerprint density at radius 3 is 2.35 bits per heavy atom. The van der Waals surface area contributed by atoms with Crippen molar-refractivity contribution in [3.63, 3.8) is 0 Å². The molecule has 2 rings (SSSR count). The van der Waals surface area contributed by atoms with E-state index in [2.05, 4.69) is 58.1 Å². The summed E-state index contributed by atoms with van der Waals surface area (Å²) in [4.78, 5) is 16.0. The largest absolute Gasteiger partial charge is 0.319 e. The van der Waals surface area contributed by atoms with Gasteiger partial charge in [-0.1, -0.05) is 15.9 Å². The second-order valence-corrected chi connectivity index (χ2v) is 6.37. The first-order chi connectivity index (χ1) is 9.51. The van der Waals surface area contributed by atoms with Gasteiger partial charge in [-0.05, 0) is 56.1 Å². The van der Waals surface area contributed by atoms with E-state index in [-0.39, 0.29) is 11.6 Å². The molecule has 0 aliphatic heterocycles. The van der Waals surface area contributed by atoms with Gasteiger partial charge in [-0.2, -0.15) is 5.26 Å². The SMILES string of the molecule is N#Cc1ccc(C(=O)Nc2c(Br)cc(Br)cc2Br)nc1. The van der Waals surface area contributed by atoms with Crippen LogP contribution in [0.3, 0.4) is 0 Å². The molecule has 7 heteroatoms. The van der Waals surface area contributed by atoms with Crippen LogP contribution in [0, 0.1) is 11.3 Å².